The Morgan fingerprint density at radius 2 is 1.59 bits per heavy atom. The Bertz CT molecular complexity index is 1400. The van der Waals surface area contributed by atoms with E-state index in [2.05, 4.69) is 5.32 Å². The fraction of sp³-hybridized carbons (Fsp3) is 0.286. The minimum atomic E-state index is -4.25. The zero-order valence-corrected chi connectivity index (χ0v) is 24.7. The maximum absolute atomic E-state index is 13.9. The third-order valence-corrected chi connectivity index (χ3v) is 8.78. The molecule has 2 amide bonds. The first-order valence-electron chi connectivity index (χ1n) is 12.4. The molecule has 1 unspecified atom stereocenters. The van der Waals surface area contributed by atoms with Gasteiger partial charge in [-0.25, -0.2) is 8.42 Å². The van der Waals surface area contributed by atoms with Crippen LogP contribution in [0.1, 0.15) is 32.3 Å². The van der Waals surface area contributed by atoms with Gasteiger partial charge in [0.1, 0.15) is 12.6 Å². The minimum Gasteiger partial charge on any atom is -0.354 e. The number of carbonyl (C=O) groups is 2. The van der Waals surface area contributed by atoms with E-state index in [1.165, 1.54) is 35.2 Å². The molecule has 7 nitrogen and oxygen atoms in total. The normalized spacial score (nSPS) is 12.0. The number of halogens is 3. The highest BCUT2D eigenvalue weighted by atomic mass is 35.5. The van der Waals surface area contributed by atoms with Crippen LogP contribution in [0.15, 0.2) is 77.7 Å². The molecule has 0 spiro atoms. The van der Waals surface area contributed by atoms with E-state index in [1.54, 1.807) is 49.4 Å². The lowest BCUT2D eigenvalue weighted by molar-refractivity contribution is -0.139. The number of carbonyl (C=O) groups excluding carboxylic acids is 2. The van der Waals surface area contributed by atoms with Gasteiger partial charge in [-0.2, -0.15) is 0 Å². The first kappa shape index (κ1) is 30.8. The number of hydrogen-bond acceptors (Lipinski definition) is 4. The number of sulfonamides is 1. The van der Waals surface area contributed by atoms with Crippen LogP contribution in [0.3, 0.4) is 0 Å². The third kappa shape index (κ3) is 7.88. The second-order valence-electron chi connectivity index (χ2n) is 8.85. The van der Waals surface area contributed by atoms with E-state index in [-0.39, 0.29) is 33.1 Å². The van der Waals surface area contributed by atoms with Gasteiger partial charge in [0.15, 0.2) is 0 Å². The molecule has 3 aromatic rings. The predicted molar refractivity (Wildman–Crippen MR) is 157 cm³/mol. The van der Waals surface area contributed by atoms with Crippen molar-refractivity contribution in [1.82, 2.24) is 10.2 Å². The number of benzene rings is 3. The summed E-state index contributed by atoms with van der Waals surface area (Å²) < 4.78 is 28.5. The zero-order chi connectivity index (χ0) is 28.6. The Hall–Kier alpha value is -2.78. The topological polar surface area (TPSA) is 86.8 Å². The summed E-state index contributed by atoms with van der Waals surface area (Å²) in [6.07, 6.45) is 1.68. The number of hydrogen-bond donors (Lipinski definition) is 1. The molecule has 11 heteroatoms. The molecule has 0 saturated heterocycles. The number of nitrogens with one attached hydrogen (secondary N) is 1. The van der Waals surface area contributed by atoms with Crippen LogP contribution in [-0.2, 0) is 26.2 Å². The molecule has 39 heavy (non-hydrogen) atoms. The monoisotopic (exact) mass is 609 g/mol. The smallest absolute Gasteiger partial charge is 0.264 e. The Labute approximate surface area is 244 Å². The predicted octanol–water partition coefficient (Wildman–Crippen LogP) is 6.18. The first-order valence-corrected chi connectivity index (χ1v) is 15.0. The van der Waals surface area contributed by atoms with Gasteiger partial charge < -0.3 is 10.2 Å². The van der Waals surface area contributed by atoms with E-state index in [4.69, 9.17) is 34.8 Å². The number of unbranched alkanes of at least 4 members (excludes halogenated alkanes) is 1. The summed E-state index contributed by atoms with van der Waals surface area (Å²) >= 11 is 19.0. The van der Waals surface area contributed by atoms with Crippen molar-refractivity contribution in [2.45, 2.75) is 44.2 Å². The van der Waals surface area contributed by atoms with Crippen molar-refractivity contribution >= 4 is 62.3 Å². The highest BCUT2D eigenvalue weighted by molar-refractivity contribution is 7.92. The maximum Gasteiger partial charge on any atom is 0.264 e. The third-order valence-electron chi connectivity index (χ3n) is 6.08. The van der Waals surface area contributed by atoms with Crippen LogP contribution >= 0.6 is 34.8 Å². The van der Waals surface area contributed by atoms with E-state index >= 15 is 0 Å². The van der Waals surface area contributed by atoms with E-state index in [9.17, 15) is 18.0 Å². The number of nitrogens with zero attached hydrogens (tertiary/aromatic N) is 2. The second-order valence-corrected chi connectivity index (χ2v) is 12.0. The summed E-state index contributed by atoms with van der Waals surface area (Å²) in [7, 11) is -4.25. The van der Waals surface area contributed by atoms with Crippen LogP contribution in [0, 0.1) is 0 Å². The van der Waals surface area contributed by atoms with Gasteiger partial charge in [-0.05, 0) is 55.3 Å². The van der Waals surface area contributed by atoms with Crippen molar-refractivity contribution in [3.05, 3.63) is 93.4 Å². The maximum atomic E-state index is 13.9. The van der Waals surface area contributed by atoms with E-state index in [0.717, 1.165) is 17.1 Å². The number of rotatable bonds is 12. The van der Waals surface area contributed by atoms with Crippen LogP contribution < -0.4 is 9.62 Å². The molecular weight excluding hydrogens is 581 g/mol. The van der Waals surface area contributed by atoms with E-state index in [0.29, 0.717) is 17.1 Å². The molecule has 0 heterocycles. The van der Waals surface area contributed by atoms with Gasteiger partial charge in [0.25, 0.3) is 10.0 Å². The quantitative estimate of drug-likeness (QED) is 0.248. The molecule has 0 aliphatic rings. The van der Waals surface area contributed by atoms with E-state index < -0.39 is 28.5 Å². The fourth-order valence-corrected chi connectivity index (χ4v) is 5.92. The fourth-order valence-electron chi connectivity index (χ4n) is 3.84. The van der Waals surface area contributed by atoms with Crippen molar-refractivity contribution in [1.29, 1.82) is 0 Å². The van der Waals surface area contributed by atoms with Gasteiger partial charge in [0.2, 0.25) is 11.8 Å². The van der Waals surface area contributed by atoms with Crippen molar-refractivity contribution in [2.24, 2.45) is 0 Å². The highest BCUT2D eigenvalue weighted by Crippen LogP contribution is 2.33. The summed E-state index contributed by atoms with van der Waals surface area (Å²) in [4.78, 5) is 28.2. The first-order chi connectivity index (χ1) is 18.6. The molecule has 0 bridgehead atoms. The SMILES string of the molecule is CCCCNC(=O)C(C)N(Cc1ccccc1Cl)C(=O)CN(c1cc(Cl)ccc1Cl)S(=O)(=O)c1ccccc1. The largest absolute Gasteiger partial charge is 0.354 e. The lowest BCUT2D eigenvalue weighted by Crippen LogP contribution is -2.51. The van der Waals surface area contributed by atoms with Crippen molar-refractivity contribution in [3.8, 4) is 0 Å². The van der Waals surface area contributed by atoms with Crippen molar-refractivity contribution in [2.75, 3.05) is 17.4 Å². The summed E-state index contributed by atoms with van der Waals surface area (Å²) in [5.41, 5.74) is 0.651. The number of anilines is 1. The lowest BCUT2D eigenvalue weighted by atomic mass is 10.1. The van der Waals surface area contributed by atoms with Crippen LogP contribution in [0.4, 0.5) is 5.69 Å². The summed E-state index contributed by atoms with van der Waals surface area (Å²) in [5.74, 6) is -0.981. The zero-order valence-electron chi connectivity index (χ0n) is 21.6. The Morgan fingerprint density at radius 3 is 2.26 bits per heavy atom. The van der Waals surface area contributed by atoms with E-state index in [1.807, 2.05) is 6.92 Å². The Kier molecular flexibility index (Phi) is 11.1. The molecule has 3 aromatic carbocycles. The molecule has 3 rings (SSSR count). The second kappa shape index (κ2) is 14.0. The van der Waals surface area contributed by atoms with Gasteiger partial charge in [-0.1, -0.05) is 84.5 Å². The average molecular weight is 611 g/mol. The van der Waals surface area contributed by atoms with Crippen molar-refractivity contribution < 1.29 is 18.0 Å². The minimum absolute atomic E-state index is 0.0105. The molecule has 0 fully saturated rings. The Balaban J connectivity index is 2.04. The summed E-state index contributed by atoms with van der Waals surface area (Å²) in [5, 5.41) is 3.59. The van der Waals surface area contributed by atoms with Crippen LogP contribution in [0.25, 0.3) is 0 Å². The van der Waals surface area contributed by atoms with Gasteiger partial charge in [0.05, 0.1) is 15.6 Å². The molecule has 0 aliphatic heterocycles. The molecule has 0 saturated carbocycles. The van der Waals surface area contributed by atoms with Gasteiger partial charge in [-0.15, -0.1) is 0 Å². The molecule has 208 valence electrons. The molecule has 0 aromatic heterocycles. The standard InChI is InChI=1S/C28H30Cl3N3O4S/c1-3-4-16-32-28(36)20(2)33(18-21-10-8-9-13-24(21)30)27(35)19-34(26-17-22(29)14-15-25(26)31)39(37,38)23-11-6-5-7-12-23/h5-15,17,20H,3-4,16,18-19H2,1-2H3,(H,32,36). The number of amides is 2. The van der Waals surface area contributed by atoms with Gasteiger partial charge >= 0.3 is 0 Å². The molecular formula is C28H30Cl3N3O4S. The van der Waals surface area contributed by atoms with Crippen LogP contribution in [0.5, 0.6) is 0 Å². The summed E-state index contributed by atoms with van der Waals surface area (Å²) in [6, 6.07) is 18.1. The van der Waals surface area contributed by atoms with Crippen LogP contribution in [-0.4, -0.2) is 44.3 Å². The van der Waals surface area contributed by atoms with Gasteiger partial charge in [0, 0.05) is 23.1 Å². The van der Waals surface area contributed by atoms with Crippen LogP contribution in [0.2, 0.25) is 15.1 Å². The molecule has 0 aliphatic carbocycles. The molecule has 1 atom stereocenters. The summed E-state index contributed by atoms with van der Waals surface area (Å²) in [6.45, 7) is 3.42. The average Bonchev–Trinajstić information content (AvgIpc) is 2.92. The molecule has 0 radical (unpaired) electrons. The Morgan fingerprint density at radius 1 is 0.923 bits per heavy atom. The molecule has 1 N–H and O–H groups in total. The highest BCUT2D eigenvalue weighted by Gasteiger charge is 2.33. The van der Waals surface area contributed by atoms with Gasteiger partial charge in [-0.3, -0.25) is 13.9 Å². The lowest BCUT2D eigenvalue weighted by Gasteiger charge is -2.32. The van der Waals surface area contributed by atoms with Crippen molar-refractivity contribution in [3.63, 3.8) is 0 Å².